The van der Waals surface area contributed by atoms with E-state index in [0.29, 0.717) is 19.3 Å². The van der Waals surface area contributed by atoms with Crippen LogP contribution in [-0.2, 0) is 28.6 Å². The lowest BCUT2D eigenvalue weighted by molar-refractivity contribution is -0.167. The van der Waals surface area contributed by atoms with E-state index in [9.17, 15) is 14.4 Å². The summed E-state index contributed by atoms with van der Waals surface area (Å²) in [5, 5.41) is 0. The minimum Gasteiger partial charge on any atom is -0.462 e. The van der Waals surface area contributed by atoms with Crippen LogP contribution in [0, 0.1) is 0 Å². The largest absolute Gasteiger partial charge is 0.462 e. The maximum absolute atomic E-state index is 12.9. The van der Waals surface area contributed by atoms with Gasteiger partial charge < -0.3 is 14.2 Å². The predicted octanol–water partition coefficient (Wildman–Crippen LogP) is 19.5. The molecule has 0 aromatic carbocycles. The summed E-state index contributed by atoms with van der Waals surface area (Å²) in [6, 6.07) is 0. The average molecular weight is 962 g/mol. The molecule has 1 atom stereocenters. The highest BCUT2D eigenvalue weighted by Crippen LogP contribution is 2.15. The van der Waals surface area contributed by atoms with Gasteiger partial charge in [0.15, 0.2) is 6.10 Å². The Bertz CT molecular complexity index is 1330. The van der Waals surface area contributed by atoms with Gasteiger partial charge in [-0.3, -0.25) is 14.4 Å². The van der Waals surface area contributed by atoms with Crippen LogP contribution in [0.2, 0.25) is 0 Å². The van der Waals surface area contributed by atoms with E-state index in [-0.39, 0.29) is 31.1 Å². The van der Waals surface area contributed by atoms with E-state index in [1.54, 1.807) is 0 Å². The van der Waals surface area contributed by atoms with Crippen LogP contribution in [-0.4, -0.2) is 37.2 Å². The van der Waals surface area contributed by atoms with E-state index in [1.807, 2.05) is 0 Å². The van der Waals surface area contributed by atoms with Crippen LogP contribution < -0.4 is 0 Å². The molecule has 0 amide bonds. The number of hydrogen-bond donors (Lipinski definition) is 0. The normalized spacial score (nSPS) is 12.7. The Kier molecular flexibility index (Phi) is 54.3. The van der Waals surface area contributed by atoms with Crippen LogP contribution in [0.5, 0.6) is 0 Å². The number of unbranched alkanes of at least 4 members (excludes halogenated alkanes) is 27. The molecule has 0 spiro atoms. The second-order valence-corrected chi connectivity index (χ2v) is 19.2. The Morgan fingerprint density at radius 1 is 0.304 bits per heavy atom. The van der Waals surface area contributed by atoms with Crippen molar-refractivity contribution < 1.29 is 28.6 Å². The fraction of sp³-hybridized carbons (Fsp3) is 0.730. The van der Waals surface area contributed by atoms with Gasteiger partial charge >= 0.3 is 17.9 Å². The molecule has 0 aliphatic heterocycles. The molecule has 0 heterocycles. The molecule has 6 heteroatoms. The number of rotatable bonds is 52. The zero-order valence-corrected chi connectivity index (χ0v) is 45.3. The van der Waals surface area contributed by atoms with Gasteiger partial charge in [0.25, 0.3) is 0 Å². The molecule has 6 nitrogen and oxygen atoms in total. The summed E-state index contributed by atoms with van der Waals surface area (Å²) in [5.74, 6) is -0.917. The van der Waals surface area contributed by atoms with Gasteiger partial charge in [0.1, 0.15) is 13.2 Å². The minimum absolute atomic E-state index is 0.0907. The molecule has 0 aliphatic carbocycles. The van der Waals surface area contributed by atoms with Crippen LogP contribution in [0.25, 0.3) is 0 Å². The van der Waals surface area contributed by atoms with Crippen molar-refractivity contribution in [1.82, 2.24) is 0 Å². The van der Waals surface area contributed by atoms with Gasteiger partial charge in [-0.05, 0) is 116 Å². The maximum Gasteiger partial charge on any atom is 0.306 e. The smallest absolute Gasteiger partial charge is 0.306 e. The summed E-state index contributed by atoms with van der Waals surface area (Å²) in [4.78, 5) is 38.2. The van der Waals surface area contributed by atoms with Crippen LogP contribution in [0.15, 0.2) is 85.1 Å². The molecular formula is C63H108O6. The second-order valence-electron chi connectivity index (χ2n) is 19.2. The Morgan fingerprint density at radius 2 is 0.565 bits per heavy atom. The van der Waals surface area contributed by atoms with Crippen molar-refractivity contribution >= 4 is 17.9 Å². The molecular weight excluding hydrogens is 853 g/mol. The van der Waals surface area contributed by atoms with Crippen molar-refractivity contribution in [3.63, 3.8) is 0 Å². The first-order valence-corrected chi connectivity index (χ1v) is 29.1. The van der Waals surface area contributed by atoms with Gasteiger partial charge in [-0.15, -0.1) is 0 Å². The summed E-state index contributed by atoms with van der Waals surface area (Å²) in [6.45, 7) is 6.48. The zero-order chi connectivity index (χ0) is 50.0. The Balaban J connectivity index is 4.43. The number of hydrogen-bond acceptors (Lipinski definition) is 6. The minimum atomic E-state index is -0.793. The fourth-order valence-corrected chi connectivity index (χ4v) is 7.99. The third-order valence-electron chi connectivity index (χ3n) is 12.4. The standard InChI is InChI=1S/C63H108O6/c1-4-7-10-13-16-19-22-25-28-30-31-33-35-38-41-44-47-50-53-56-62(65)68-59-60(58-67-61(64)55-52-49-46-43-40-37-34-27-24-21-18-15-12-9-6-3)69-63(66)57-54-51-48-45-42-39-36-32-29-26-23-20-17-14-11-8-5-2/h9,12,16,18-19,21,25-29,31,33-34,60H,4-8,10-11,13-15,17,20,22-24,30,32,35-59H2,1-3H3/b12-9-,19-16-,21-18-,28-25-,29-26-,33-31-,34-27-/t60-/m1/s1. The highest BCUT2D eigenvalue weighted by Gasteiger charge is 2.19. The molecule has 0 bridgehead atoms. The Labute approximate surface area is 426 Å². The van der Waals surface area contributed by atoms with E-state index >= 15 is 0 Å². The molecule has 0 saturated heterocycles. The SMILES string of the molecule is CC/C=C\C/C=C\C/C=C\CCCCCCCC(=O)OC[C@H](COC(=O)CCCCCCCC/C=C\C/C=C\C/C=C\CCCCC)OC(=O)CCCCCCCCC/C=C\CCCCCCCC. The van der Waals surface area contributed by atoms with Crippen LogP contribution >= 0.6 is 0 Å². The Hall–Kier alpha value is -3.41. The van der Waals surface area contributed by atoms with Crippen LogP contribution in [0.1, 0.15) is 278 Å². The number of carbonyl (C=O) groups is 3. The Morgan fingerprint density at radius 3 is 0.928 bits per heavy atom. The third-order valence-corrected chi connectivity index (χ3v) is 12.4. The average Bonchev–Trinajstić information content (AvgIpc) is 3.35. The van der Waals surface area contributed by atoms with E-state index in [0.717, 1.165) is 116 Å². The highest BCUT2D eigenvalue weighted by molar-refractivity contribution is 5.71. The number of esters is 3. The summed E-state index contributed by atoms with van der Waals surface area (Å²) >= 11 is 0. The lowest BCUT2D eigenvalue weighted by atomic mass is 10.1. The van der Waals surface area contributed by atoms with Gasteiger partial charge in [0, 0.05) is 19.3 Å². The van der Waals surface area contributed by atoms with E-state index in [2.05, 4.69) is 106 Å². The van der Waals surface area contributed by atoms with Crippen molar-refractivity contribution in [3.8, 4) is 0 Å². The van der Waals surface area contributed by atoms with Crippen molar-refractivity contribution in [3.05, 3.63) is 85.1 Å². The van der Waals surface area contributed by atoms with Crippen LogP contribution in [0.3, 0.4) is 0 Å². The molecule has 0 rings (SSSR count). The van der Waals surface area contributed by atoms with Gasteiger partial charge in [-0.2, -0.15) is 0 Å². The number of ether oxygens (including phenoxy) is 3. The predicted molar refractivity (Wildman–Crippen MR) is 297 cm³/mol. The molecule has 0 aromatic heterocycles. The van der Waals surface area contributed by atoms with Gasteiger partial charge in [0.2, 0.25) is 0 Å². The molecule has 0 aliphatic rings. The van der Waals surface area contributed by atoms with Gasteiger partial charge in [-0.1, -0.05) is 228 Å². The molecule has 0 fully saturated rings. The molecule has 69 heavy (non-hydrogen) atoms. The summed E-state index contributed by atoms with van der Waals surface area (Å²) in [5.41, 5.74) is 0. The van der Waals surface area contributed by atoms with E-state index in [1.165, 1.54) is 122 Å². The van der Waals surface area contributed by atoms with Crippen LogP contribution in [0.4, 0.5) is 0 Å². The van der Waals surface area contributed by atoms with E-state index < -0.39 is 6.10 Å². The first kappa shape index (κ1) is 65.6. The number of carbonyl (C=O) groups excluding carboxylic acids is 3. The highest BCUT2D eigenvalue weighted by atomic mass is 16.6. The monoisotopic (exact) mass is 961 g/mol. The third kappa shape index (κ3) is 55.4. The molecule has 396 valence electrons. The van der Waals surface area contributed by atoms with Crippen molar-refractivity contribution in [1.29, 1.82) is 0 Å². The maximum atomic E-state index is 12.9. The van der Waals surface area contributed by atoms with Crippen molar-refractivity contribution in [2.75, 3.05) is 13.2 Å². The first-order chi connectivity index (χ1) is 34.0. The quantitative estimate of drug-likeness (QED) is 0.0262. The first-order valence-electron chi connectivity index (χ1n) is 29.1. The lowest BCUT2D eigenvalue weighted by Crippen LogP contribution is -2.30. The van der Waals surface area contributed by atoms with E-state index in [4.69, 9.17) is 14.2 Å². The molecule has 0 unspecified atom stereocenters. The number of allylic oxidation sites excluding steroid dienone is 14. The fourth-order valence-electron chi connectivity index (χ4n) is 7.99. The summed E-state index contributed by atoms with van der Waals surface area (Å²) < 4.78 is 16.9. The molecule has 0 radical (unpaired) electrons. The summed E-state index contributed by atoms with van der Waals surface area (Å²) in [7, 11) is 0. The summed E-state index contributed by atoms with van der Waals surface area (Å²) in [6.07, 6.45) is 74.2. The van der Waals surface area contributed by atoms with Crippen molar-refractivity contribution in [2.45, 2.75) is 284 Å². The topological polar surface area (TPSA) is 78.9 Å². The second kappa shape index (κ2) is 57.2. The molecule has 0 N–H and O–H groups in total. The lowest BCUT2D eigenvalue weighted by Gasteiger charge is -2.18. The van der Waals surface area contributed by atoms with Gasteiger partial charge in [0.05, 0.1) is 0 Å². The van der Waals surface area contributed by atoms with Crippen molar-refractivity contribution in [2.24, 2.45) is 0 Å². The van der Waals surface area contributed by atoms with Gasteiger partial charge in [-0.25, -0.2) is 0 Å². The molecule has 0 saturated carbocycles. The molecule has 0 aromatic rings. The zero-order valence-electron chi connectivity index (χ0n) is 45.3.